The number of aromatic nitrogens is 1. The van der Waals surface area contributed by atoms with Crippen LogP contribution in [0.15, 0.2) is 99.4 Å². The van der Waals surface area contributed by atoms with Gasteiger partial charge in [-0.3, -0.25) is 0 Å². The maximum Gasteiger partial charge on any atom is 0.0465 e. The second-order valence-corrected chi connectivity index (χ2v) is 17.3. The molecule has 1 aliphatic rings. The molecular weight excluding hydrogens is 715 g/mol. The molecule has 59 heavy (non-hydrogen) atoms. The number of fused-ring (bicyclic) bond motifs is 1. The minimum absolute atomic E-state index is 0. The van der Waals surface area contributed by atoms with Crippen LogP contribution in [0, 0.1) is 31.6 Å². The van der Waals surface area contributed by atoms with E-state index < -0.39 is 0 Å². The van der Waals surface area contributed by atoms with Gasteiger partial charge in [0.2, 0.25) is 0 Å². The zero-order valence-corrected chi connectivity index (χ0v) is 39.6. The smallest absolute Gasteiger partial charge is 0.0465 e. The van der Waals surface area contributed by atoms with E-state index in [2.05, 4.69) is 180 Å². The summed E-state index contributed by atoms with van der Waals surface area (Å²) in [6.45, 7) is 52.7. The van der Waals surface area contributed by atoms with Gasteiger partial charge in [-0.25, -0.2) is 0 Å². The third kappa shape index (κ3) is 17.8. The molecule has 3 atom stereocenters. The van der Waals surface area contributed by atoms with E-state index in [4.69, 9.17) is 0 Å². The van der Waals surface area contributed by atoms with Crippen LogP contribution >= 0.6 is 0 Å². The van der Waals surface area contributed by atoms with Gasteiger partial charge >= 0.3 is 0 Å². The summed E-state index contributed by atoms with van der Waals surface area (Å²) >= 11 is 0. The third-order valence-corrected chi connectivity index (χ3v) is 10.9. The minimum Gasteiger partial charge on any atom is -0.384 e. The zero-order chi connectivity index (χ0) is 44.9. The van der Waals surface area contributed by atoms with Gasteiger partial charge in [0.25, 0.3) is 0 Å². The lowest BCUT2D eigenvalue weighted by atomic mass is 9.85. The molecule has 1 aliphatic carbocycles. The van der Waals surface area contributed by atoms with Gasteiger partial charge in [0.15, 0.2) is 0 Å². The largest absolute Gasteiger partial charge is 0.384 e. The fourth-order valence-electron chi connectivity index (χ4n) is 8.27. The summed E-state index contributed by atoms with van der Waals surface area (Å²) < 4.78 is 0. The normalized spacial score (nSPS) is 15.5. The summed E-state index contributed by atoms with van der Waals surface area (Å²) in [6.07, 6.45) is 23.3. The highest BCUT2D eigenvalue weighted by atomic mass is 15.0. The van der Waals surface area contributed by atoms with Gasteiger partial charge < -0.3 is 15.6 Å². The minimum atomic E-state index is -0.1000. The topological polar surface area (TPSA) is 39.8 Å². The van der Waals surface area contributed by atoms with Crippen molar-refractivity contribution >= 4 is 22.6 Å². The molecule has 3 N–H and O–H groups in total. The summed E-state index contributed by atoms with van der Waals surface area (Å²) in [5, 5.41) is 8.64. The first-order valence-corrected chi connectivity index (χ1v) is 21.8. The molecule has 4 rings (SSSR count). The molecule has 328 valence electrons. The molecule has 1 saturated carbocycles. The summed E-state index contributed by atoms with van der Waals surface area (Å²) in [6, 6.07) is 13.5. The molecule has 0 amide bonds. The second-order valence-electron chi connectivity index (χ2n) is 17.3. The van der Waals surface area contributed by atoms with Crippen LogP contribution in [-0.4, -0.2) is 16.1 Å². The van der Waals surface area contributed by atoms with E-state index in [-0.39, 0.29) is 18.5 Å². The van der Waals surface area contributed by atoms with Crippen molar-refractivity contribution in [2.45, 2.75) is 172 Å². The molecule has 1 aromatic heterocycles. The van der Waals surface area contributed by atoms with Crippen LogP contribution in [0.4, 0.5) is 0 Å². The third-order valence-electron chi connectivity index (χ3n) is 10.9. The number of hydrogen-bond acceptors (Lipinski definition) is 2. The number of allylic oxidation sites excluding steroid dienone is 5. The molecular formula is C56H89N3. The van der Waals surface area contributed by atoms with Crippen molar-refractivity contribution in [2.75, 3.05) is 0 Å². The molecule has 1 fully saturated rings. The molecule has 0 saturated heterocycles. The Balaban J connectivity index is 0. The first-order valence-electron chi connectivity index (χ1n) is 21.8. The van der Waals surface area contributed by atoms with E-state index in [9.17, 15) is 0 Å². The summed E-state index contributed by atoms with van der Waals surface area (Å²) in [4.78, 5) is 3.60. The Hall–Kier alpha value is -4.42. The Labute approximate surface area is 366 Å². The number of rotatable bonds is 19. The molecule has 0 aliphatic heterocycles. The molecule has 1 heterocycles. The van der Waals surface area contributed by atoms with Crippen LogP contribution in [0.1, 0.15) is 169 Å². The quantitative estimate of drug-likeness (QED) is 0.0834. The molecule has 0 spiro atoms. The number of terminal acetylenes is 1. The predicted octanol–water partition coefficient (Wildman–Crippen LogP) is 16.3. The fourth-order valence-corrected chi connectivity index (χ4v) is 8.27. The van der Waals surface area contributed by atoms with Crippen molar-refractivity contribution in [1.82, 2.24) is 15.6 Å². The van der Waals surface area contributed by atoms with Crippen LogP contribution in [0.25, 0.3) is 22.6 Å². The van der Waals surface area contributed by atoms with Crippen molar-refractivity contribution in [1.29, 1.82) is 0 Å². The number of benzene rings is 2. The maximum absolute atomic E-state index is 4.44. The van der Waals surface area contributed by atoms with Gasteiger partial charge in [-0.2, -0.15) is 0 Å². The number of H-pyrrole nitrogens is 1. The van der Waals surface area contributed by atoms with Gasteiger partial charge in [-0.05, 0) is 131 Å². The van der Waals surface area contributed by atoms with E-state index in [0.29, 0.717) is 11.3 Å². The van der Waals surface area contributed by atoms with Crippen LogP contribution < -0.4 is 10.6 Å². The second kappa shape index (κ2) is 27.4. The lowest BCUT2D eigenvalue weighted by Crippen LogP contribution is -2.50. The van der Waals surface area contributed by atoms with Crippen molar-refractivity contribution in [3.05, 3.63) is 133 Å². The highest BCUT2D eigenvalue weighted by Crippen LogP contribution is 2.54. The Morgan fingerprint density at radius 1 is 0.949 bits per heavy atom. The van der Waals surface area contributed by atoms with Gasteiger partial charge in [-0.15, -0.1) is 26.0 Å². The maximum atomic E-state index is 4.44. The predicted molar refractivity (Wildman–Crippen MR) is 272 cm³/mol. The van der Waals surface area contributed by atoms with E-state index >= 15 is 0 Å². The van der Waals surface area contributed by atoms with Gasteiger partial charge in [0, 0.05) is 51.1 Å². The van der Waals surface area contributed by atoms with Crippen molar-refractivity contribution in [3.8, 4) is 12.8 Å². The van der Waals surface area contributed by atoms with E-state index in [1.165, 1.54) is 56.4 Å². The summed E-state index contributed by atoms with van der Waals surface area (Å²) in [5.41, 5.74) is 12.8. The fraction of sp³-hybridized carbons (Fsp3) is 0.500. The van der Waals surface area contributed by atoms with Gasteiger partial charge in [-0.1, -0.05) is 144 Å². The van der Waals surface area contributed by atoms with Crippen LogP contribution in [0.2, 0.25) is 0 Å². The summed E-state index contributed by atoms with van der Waals surface area (Å²) in [7, 11) is 0. The van der Waals surface area contributed by atoms with Gasteiger partial charge in [0.1, 0.15) is 0 Å². The summed E-state index contributed by atoms with van der Waals surface area (Å²) in [5.74, 6) is 1.28. The number of aromatic amines is 1. The molecule has 0 bridgehead atoms. The van der Waals surface area contributed by atoms with E-state index in [1.807, 2.05) is 26.8 Å². The molecule has 3 unspecified atom stereocenters. The number of nitrogens with one attached hydrogen (secondary N) is 3. The lowest BCUT2D eigenvalue weighted by Gasteiger charge is -2.38. The molecule has 3 heteroatoms. The van der Waals surface area contributed by atoms with Crippen LogP contribution in [0.3, 0.4) is 0 Å². The van der Waals surface area contributed by atoms with Gasteiger partial charge in [0.05, 0.1) is 0 Å². The van der Waals surface area contributed by atoms with Crippen molar-refractivity contribution < 1.29 is 0 Å². The average Bonchev–Trinajstić information content (AvgIpc) is 3.63. The van der Waals surface area contributed by atoms with Crippen molar-refractivity contribution in [3.63, 3.8) is 0 Å². The Kier molecular flexibility index (Phi) is 26.3. The van der Waals surface area contributed by atoms with E-state index in [1.54, 1.807) is 6.08 Å². The van der Waals surface area contributed by atoms with Crippen LogP contribution in [0.5, 0.6) is 0 Å². The first kappa shape index (κ1) is 56.7. The SMILES string of the molecule is C.C#C.C=CC.C=CC(CC)CC(=C)c1c(C)cccc1CC(=C)NC(C)(C)CC(C)(C)NC(=C)CCC.C=Cc1c(CCC)[nH]c2cc(C3(C)CC3C)ccc12.CC. The first-order chi connectivity index (χ1) is 27.3. The Bertz CT molecular complexity index is 1790. The molecule has 3 nitrogen and oxygen atoms in total. The monoisotopic (exact) mass is 804 g/mol. The number of hydrogen-bond donors (Lipinski definition) is 3. The van der Waals surface area contributed by atoms with Crippen LogP contribution in [-0.2, 0) is 18.3 Å². The highest BCUT2D eigenvalue weighted by molar-refractivity contribution is 5.91. The van der Waals surface area contributed by atoms with Crippen molar-refractivity contribution in [2.24, 2.45) is 11.8 Å². The Morgan fingerprint density at radius 2 is 1.51 bits per heavy atom. The average molecular weight is 804 g/mol. The lowest BCUT2D eigenvalue weighted by molar-refractivity contribution is 0.274. The Morgan fingerprint density at radius 3 is 1.98 bits per heavy atom. The molecule has 0 radical (unpaired) electrons. The molecule has 3 aromatic rings. The molecule has 2 aromatic carbocycles. The number of aryl methyl sites for hydroxylation is 2. The standard InChI is InChI=1S/C30H48N2.C18H23N.C3H6.C2H6.C2H2.CH4/c1-12-16-24(6)31-29(8,9)21-30(10,11)32-25(7)20-27-18-15-17-22(4)28(27)23(5)19-26(13-2)14-3;1-5-7-16-14(6-2)15-9-8-13(10-17(15)19-16)18(4)11-12(18)3;1-3-2;2*1-2;/h13,15,17-18,26,31-32H,2,5-7,12,14,16,19-21H2,1,3-4,8-11H3;6,8-10,12,19H,2,5,7,11H2,1,3-4H3;3H,1H2,2H3;1-2H3;1-2H;1H4. The highest BCUT2D eigenvalue weighted by Gasteiger charge is 2.47. The van der Waals surface area contributed by atoms with E-state index in [0.717, 1.165) is 68.7 Å². The zero-order valence-electron chi connectivity index (χ0n) is 39.6.